The Kier molecular flexibility index (Phi) is 7.05. The highest BCUT2D eigenvalue weighted by molar-refractivity contribution is 5.78. The minimum atomic E-state index is 0.127. The molecule has 164 valence electrons. The van der Waals surface area contributed by atoms with Crippen LogP contribution in [0.5, 0.6) is 0 Å². The first-order valence-corrected chi connectivity index (χ1v) is 11.7. The molecule has 0 aliphatic carbocycles. The maximum Gasteiger partial charge on any atom is 0.234 e. The Bertz CT molecular complexity index is 725. The number of benzene rings is 1. The highest BCUT2D eigenvalue weighted by Gasteiger charge is 2.43. The van der Waals surface area contributed by atoms with E-state index in [0.29, 0.717) is 36.9 Å². The molecule has 6 nitrogen and oxygen atoms in total. The highest BCUT2D eigenvalue weighted by Crippen LogP contribution is 2.37. The van der Waals surface area contributed by atoms with Crippen molar-refractivity contribution in [2.75, 3.05) is 45.8 Å². The maximum absolute atomic E-state index is 12.6. The summed E-state index contributed by atoms with van der Waals surface area (Å²) in [5.41, 5.74) is 1.31. The minimum absolute atomic E-state index is 0.127. The molecule has 4 rings (SSSR count). The molecule has 30 heavy (non-hydrogen) atoms. The second-order valence-electron chi connectivity index (χ2n) is 9.27. The zero-order valence-corrected chi connectivity index (χ0v) is 18.3. The van der Waals surface area contributed by atoms with Gasteiger partial charge < -0.3 is 10.2 Å². The average molecular weight is 413 g/mol. The van der Waals surface area contributed by atoms with Gasteiger partial charge in [0, 0.05) is 51.7 Å². The molecular weight excluding hydrogens is 376 g/mol. The summed E-state index contributed by atoms with van der Waals surface area (Å²) in [6.45, 7) is 8.86. The molecule has 6 heteroatoms. The smallest absolute Gasteiger partial charge is 0.234 e. The second-order valence-corrected chi connectivity index (χ2v) is 9.27. The van der Waals surface area contributed by atoms with E-state index in [2.05, 4.69) is 51.2 Å². The van der Waals surface area contributed by atoms with Gasteiger partial charge in [-0.05, 0) is 43.2 Å². The largest absolute Gasteiger partial charge is 0.354 e. The molecule has 1 aromatic carbocycles. The number of fused-ring (bicyclic) bond motifs is 4. The van der Waals surface area contributed by atoms with Crippen LogP contribution in [0.25, 0.3) is 0 Å². The number of amides is 2. The Morgan fingerprint density at radius 3 is 2.83 bits per heavy atom. The summed E-state index contributed by atoms with van der Waals surface area (Å²) in [6.07, 6.45) is 4.11. The van der Waals surface area contributed by atoms with Crippen LogP contribution in [0.4, 0.5) is 0 Å². The van der Waals surface area contributed by atoms with E-state index in [1.807, 2.05) is 6.07 Å². The Hall–Kier alpha value is -1.92. The number of hydrogen-bond donors (Lipinski definition) is 1. The molecule has 3 aliphatic heterocycles. The van der Waals surface area contributed by atoms with Gasteiger partial charge in [0.05, 0.1) is 6.54 Å². The summed E-state index contributed by atoms with van der Waals surface area (Å²) in [7, 11) is 0. The monoisotopic (exact) mass is 412 g/mol. The van der Waals surface area contributed by atoms with Crippen molar-refractivity contribution < 1.29 is 9.59 Å². The first-order valence-electron chi connectivity index (χ1n) is 11.7. The number of piperidine rings is 3. The average Bonchev–Trinajstić information content (AvgIpc) is 2.74. The quantitative estimate of drug-likeness (QED) is 0.709. The second kappa shape index (κ2) is 9.92. The lowest BCUT2D eigenvalue weighted by Gasteiger charge is -2.52. The molecule has 2 unspecified atom stereocenters. The van der Waals surface area contributed by atoms with Gasteiger partial charge in [0.15, 0.2) is 0 Å². The SMILES string of the molecule is CCN(CCNC(=O)CN1CC2CC(C1)[C@H]1CCCC(=O)N1C2)Cc1ccccc1. The summed E-state index contributed by atoms with van der Waals surface area (Å²) in [6, 6.07) is 10.9. The van der Waals surface area contributed by atoms with Gasteiger partial charge in [0.2, 0.25) is 11.8 Å². The van der Waals surface area contributed by atoms with E-state index in [1.165, 1.54) is 12.0 Å². The van der Waals surface area contributed by atoms with Gasteiger partial charge in [-0.3, -0.25) is 19.4 Å². The Morgan fingerprint density at radius 2 is 2.03 bits per heavy atom. The third-order valence-electron chi connectivity index (χ3n) is 7.07. The molecule has 0 aromatic heterocycles. The first kappa shape index (κ1) is 21.3. The number of carbonyl (C=O) groups is 2. The van der Waals surface area contributed by atoms with Crippen LogP contribution in [0.2, 0.25) is 0 Å². The van der Waals surface area contributed by atoms with Crippen molar-refractivity contribution >= 4 is 11.8 Å². The van der Waals surface area contributed by atoms with E-state index in [4.69, 9.17) is 0 Å². The molecule has 3 atom stereocenters. The zero-order chi connectivity index (χ0) is 20.9. The maximum atomic E-state index is 12.6. The molecule has 2 amide bonds. The van der Waals surface area contributed by atoms with Crippen molar-refractivity contribution in [2.24, 2.45) is 11.8 Å². The highest BCUT2D eigenvalue weighted by atomic mass is 16.2. The standard InChI is InChI=1S/C24H36N4O2/c1-2-26(14-19-7-4-3-5-8-19)12-11-25-23(29)18-27-15-20-13-21(17-27)22-9-6-10-24(30)28(22)16-20/h3-5,7-8,20-22H,2,6,9-18H2,1H3,(H,25,29)/t20?,21?,22-/m1/s1. The lowest BCUT2D eigenvalue weighted by Crippen LogP contribution is -2.61. The number of nitrogens with one attached hydrogen (secondary N) is 1. The molecule has 1 aromatic rings. The number of nitrogens with zero attached hydrogens (tertiary/aromatic N) is 3. The summed E-state index contributed by atoms with van der Waals surface area (Å²) in [4.78, 5) is 31.7. The Morgan fingerprint density at radius 1 is 1.20 bits per heavy atom. The predicted molar refractivity (Wildman–Crippen MR) is 118 cm³/mol. The number of hydrogen-bond acceptors (Lipinski definition) is 4. The van der Waals surface area contributed by atoms with Crippen molar-refractivity contribution in [2.45, 2.75) is 45.2 Å². The third-order valence-corrected chi connectivity index (χ3v) is 7.07. The van der Waals surface area contributed by atoms with E-state index < -0.39 is 0 Å². The van der Waals surface area contributed by atoms with Gasteiger partial charge in [-0.25, -0.2) is 0 Å². The summed E-state index contributed by atoms with van der Waals surface area (Å²) < 4.78 is 0. The lowest BCUT2D eigenvalue weighted by atomic mass is 9.76. The van der Waals surface area contributed by atoms with Crippen LogP contribution >= 0.6 is 0 Å². The molecule has 3 saturated heterocycles. The summed E-state index contributed by atoms with van der Waals surface area (Å²) >= 11 is 0. The van der Waals surface area contributed by atoms with Crippen molar-refractivity contribution in [1.29, 1.82) is 0 Å². The van der Waals surface area contributed by atoms with E-state index in [9.17, 15) is 9.59 Å². The zero-order valence-electron chi connectivity index (χ0n) is 18.3. The molecule has 2 bridgehead atoms. The Balaban J connectivity index is 1.20. The van der Waals surface area contributed by atoms with Gasteiger partial charge >= 0.3 is 0 Å². The topological polar surface area (TPSA) is 55.9 Å². The molecule has 1 N–H and O–H groups in total. The molecule has 3 fully saturated rings. The fourth-order valence-electron chi connectivity index (χ4n) is 5.64. The fraction of sp³-hybridized carbons (Fsp3) is 0.667. The summed E-state index contributed by atoms with van der Waals surface area (Å²) in [5.74, 6) is 1.54. The number of likely N-dealkylation sites (N-methyl/N-ethyl adjacent to an activating group) is 1. The normalized spacial score (nSPS) is 26.5. The van der Waals surface area contributed by atoms with Crippen LogP contribution in [0, 0.1) is 11.8 Å². The van der Waals surface area contributed by atoms with Gasteiger partial charge in [0.1, 0.15) is 0 Å². The molecule has 0 spiro atoms. The molecule has 0 saturated carbocycles. The van der Waals surface area contributed by atoms with Gasteiger partial charge in [-0.1, -0.05) is 37.3 Å². The lowest BCUT2D eigenvalue weighted by molar-refractivity contribution is -0.145. The van der Waals surface area contributed by atoms with Crippen LogP contribution in [0.1, 0.15) is 38.2 Å². The van der Waals surface area contributed by atoms with Crippen molar-refractivity contribution in [3.05, 3.63) is 35.9 Å². The predicted octanol–water partition coefficient (Wildman–Crippen LogP) is 1.96. The van der Waals surface area contributed by atoms with Crippen LogP contribution < -0.4 is 5.32 Å². The Labute approximate surface area is 180 Å². The van der Waals surface area contributed by atoms with Gasteiger partial charge in [-0.15, -0.1) is 0 Å². The molecule has 0 radical (unpaired) electrons. The third kappa shape index (κ3) is 5.22. The van der Waals surface area contributed by atoms with Crippen LogP contribution in [-0.4, -0.2) is 78.4 Å². The van der Waals surface area contributed by atoms with Crippen LogP contribution in [-0.2, 0) is 16.1 Å². The van der Waals surface area contributed by atoms with E-state index in [0.717, 1.165) is 58.5 Å². The fourth-order valence-corrected chi connectivity index (χ4v) is 5.64. The molecule has 3 heterocycles. The molecule has 3 aliphatic rings. The van der Waals surface area contributed by atoms with Crippen molar-refractivity contribution in [1.82, 2.24) is 20.0 Å². The van der Waals surface area contributed by atoms with Gasteiger partial charge in [0.25, 0.3) is 0 Å². The van der Waals surface area contributed by atoms with Crippen LogP contribution in [0.15, 0.2) is 30.3 Å². The van der Waals surface area contributed by atoms with Crippen molar-refractivity contribution in [3.63, 3.8) is 0 Å². The minimum Gasteiger partial charge on any atom is -0.354 e. The number of rotatable bonds is 8. The van der Waals surface area contributed by atoms with Gasteiger partial charge in [-0.2, -0.15) is 0 Å². The first-order chi connectivity index (χ1) is 14.6. The van der Waals surface area contributed by atoms with Crippen LogP contribution in [0.3, 0.4) is 0 Å². The van der Waals surface area contributed by atoms with E-state index >= 15 is 0 Å². The number of likely N-dealkylation sites (tertiary alicyclic amines) is 1. The number of carbonyl (C=O) groups excluding carboxylic acids is 2. The molecular formula is C24H36N4O2. The van der Waals surface area contributed by atoms with Crippen molar-refractivity contribution in [3.8, 4) is 0 Å². The van der Waals surface area contributed by atoms with E-state index in [-0.39, 0.29) is 5.91 Å². The summed E-state index contributed by atoms with van der Waals surface area (Å²) in [5, 5.41) is 3.12. The van der Waals surface area contributed by atoms with E-state index in [1.54, 1.807) is 0 Å².